The number of aliphatic hydroxyl groups is 1. The highest BCUT2D eigenvalue weighted by molar-refractivity contribution is 7.87. The Hall–Kier alpha value is -0.700. The van der Waals surface area contributed by atoms with Crippen LogP contribution in [0.4, 0.5) is 0 Å². The van der Waals surface area contributed by atoms with E-state index in [4.69, 9.17) is 10.2 Å². The lowest BCUT2D eigenvalue weighted by atomic mass is 10.4. The number of hydrogen-bond donors (Lipinski definition) is 3. The van der Waals surface area contributed by atoms with Gasteiger partial charge in [0.05, 0.1) is 0 Å². The zero-order valence-corrected chi connectivity index (χ0v) is 10.9. The highest BCUT2D eigenvalue weighted by Crippen LogP contribution is 2.01. The minimum absolute atomic E-state index is 0.367. The predicted octanol–water partition coefficient (Wildman–Crippen LogP) is -0.612. The number of hydrogen-bond acceptors (Lipinski definition) is 4. The number of carbonyl (C=O) groups is 1. The second-order valence-electron chi connectivity index (χ2n) is 3.61. The molecule has 0 radical (unpaired) electrons. The van der Waals surface area contributed by atoms with Crippen molar-refractivity contribution in [3.8, 4) is 0 Å². The first-order valence-electron chi connectivity index (χ1n) is 5.50. The molecule has 0 aromatic heterocycles. The van der Waals surface area contributed by atoms with E-state index >= 15 is 0 Å². The Morgan fingerprint density at radius 1 is 1.29 bits per heavy atom. The maximum atomic E-state index is 11.7. The van der Waals surface area contributed by atoms with Crippen molar-refractivity contribution in [3.63, 3.8) is 0 Å². The van der Waals surface area contributed by atoms with E-state index in [-0.39, 0.29) is 0 Å². The van der Waals surface area contributed by atoms with Crippen LogP contribution in [-0.2, 0) is 15.0 Å². The van der Waals surface area contributed by atoms with Crippen molar-refractivity contribution >= 4 is 16.2 Å². The number of aliphatic carboxylic acids is 1. The minimum atomic E-state index is -3.72. The van der Waals surface area contributed by atoms with Gasteiger partial charge in [-0.2, -0.15) is 17.4 Å². The minimum Gasteiger partial charge on any atom is -0.479 e. The van der Waals surface area contributed by atoms with Gasteiger partial charge in [0.2, 0.25) is 0 Å². The topological polar surface area (TPSA) is 107 Å². The first-order chi connectivity index (χ1) is 7.85. The summed E-state index contributed by atoms with van der Waals surface area (Å²) in [5.41, 5.74) is 0. The Balaban J connectivity index is 4.47. The predicted molar refractivity (Wildman–Crippen MR) is 62.7 cm³/mol. The van der Waals surface area contributed by atoms with E-state index in [2.05, 4.69) is 4.72 Å². The van der Waals surface area contributed by atoms with Crippen LogP contribution >= 0.6 is 0 Å². The number of carboxylic acid groups (broad SMARTS) is 1. The molecule has 0 saturated heterocycles. The number of rotatable bonds is 9. The SMILES string of the molecule is CCCN(CCC)S(=O)(=O)NC[C@H](O)C(=O)O. The summed E-state index contributed by atoms with van der Waals surface area (Å²) in [6.07, 6.45) is -0.389. The quantitative estimate of drug-likeness (QED) is 0.517. The van der Waals surface area contributed by atoms with Crippen molar-refractivity contribution in [1.29, 1.82) is 0 Å². The molecule has 3 N–H and O–H groups in total. The van der Waals surface area contributed by atoms with Gasteiger partial charge in [0.25, 0.3) is 10.2 Å². The van der Waals surface area contributed by atoms with Gasteiger partial charge in [-0.3, -0.25) is 0 Å². The van der Waals surface area contributed by atoms with E-state index in [1.54, 1.807) is 0 Å². The zero-order chi connectivity index (χ0) is 13.5. The van der Waals surface area contributed by atoms with Crippen LogP contribution in [0.1, 0.15) is 26.7 Å². The van der Waals surface area contributed by atoms with E-state index in [1.807, 2.05) is 13.8 Å². The normalized spacial score (nSPS) is 13.9. The molecule has 0 rings (SSSR count). The molecule has 0 aromatic carbocycles. The Morgan fingerprint density at radius 2 is 1.76 bits per heavy atom. The second-order valence-corrected chi connectivity index (χ2v) is 5.36. The zero-order valence-electron chi connectivity index (χ0n) is 10.1. The molecule has 0 unspecified atom stereocenters. The number of carboxylic acids is 1. The maximum absolute atomic E-state index is 11.7. The molecular weight excluding hydrogens is 248 g/mol. The number of nitrogens with one attached hydrogen (secondary N) is 1. The third kappa shape index (κ3) is 5.97. The fraction of sp³-hybridized carbons (Fsp3) is 0.889. The molecule has 0 spiro atoms. The number of aliphatic hydroxyl groups excluding tert-OH is 1. The van der Waals surface area contributed by atoms with Crippen LogP contribution in [0.15, 0.2) is 0 Å². The van der Waals surface area contributed by atoms with Crippen LogP contribution in [0.2, 0.25) is 0 Å². The van der Waals surface area contributed by atoms with Gasteiger partial charge < -0.3 is 10.2 Å². The van der Waals surface area contributed by atoms with Crippen LogP contribution in [0.25, 0.3) is 0 Å². The van der Waals surface area contributed by atoms with Gasteiger partial charge in [-0.15, -0.1) is 0 Å². The molecule has 0 aliphatic carbocycles. The Bertz CT molecular complexity index is 324. The monoisotopic (exact) mass is 268 g/mol. The van der Waals surface area contributed by atoms with E-state index in [0.717, 1.165) is 0 Å². The summed E-state index contributed by atoms with van der Waals surface area (Å²) in [5.74, 6) is -1.45. The summed E-state index contributed by atoms with van der Waals surface area (Å²) in [7, 11) is -3.72. The fourth-order valence-corrected chi connectivity index (χ4v) is 2.61. The molecule has 17 heavy (non-hydrogen) atoms. The summed E-state index contributed by atoms with van der Waals surface area (Å²) >= 11 is 0. The molecule has 0 aromatic rings. The molecule has 1 atom stereocenters. The van der Waals surface area contributed by atoms with Crippen molar-refractivity contribution < 1.29 is 23.4 Å². The highest BCUT2D eigenvalue weighted by atomic mass is 32.2. The lowest BCUT2D eigenvalue weighted by Crippen LogP contribution is -2.45. The van der Waals surface area contributed by atoms with Crippen molar-refractivity contribution in [1.82, 2.24) is 9.03 Å². The van der Waals surface area contributed by atoms with Crippen molar-refractivity contribution in [2.45, 2.75) is 32.8 Å². The molecule has 102 valence electrons. The van der Waals surface area contributed by atoms with Crippen LogP contribution in [0.3, 0.4) is 0 Å². The Morgan fingerprint density at radius 3 is 2.12 bits per heavy atom. The molecular formula is C9H20N2O5S. The van der Waals surface area contributed by atoms with Crippen LogP contribution in [0, 0.1) is 0 Å². The fourth-order valence-electron chi connectivity index (χ4n) is 1.21. The average Bonchev–Trinajstić information content (AvgIpc) is 2.25. The number of nitrogens with zero attached hydrogens (tertiary/aromatic N) is 1. The van der Waals surface area contributed by atoms with Gasteiger partial charge in [-0.05, 0) is 12.8 Å². The second kappa shape index (κ2) is 7.59. The van der Waals surface area contributed by atoms with E-state index in [9.17, 15) is 13.2 Å². The van der Waals surface area contributed by atoms with E-state index in [0.29, 0.717) is 25.9 Å². The largest absolute Gasteiger partial charge is 0.479 e. The smallest absolute Gasteiger partial charge is 0.333 e. The summed E-state index contributed by atoms with van der Waals surface area (Å²) in [6.45, 7) is 3.91. The molecule has 7 nitrogen and oxygen atoms in total. The third-order valence-corrected chi connectivity index (χ3v) is 3.61. The molecule has 8 heteroatoms. The van der Waals surface area contributed by atoms with Gasteiger partial charge in [0.15, 0.2) is 6.10 Å². The van der Waals surface area contributed by atoms with Crippen LogP contribution in [0.5, 0.6) is 0 Å². The summed E-state index contributed by atoms with van der Waals surface area (Å²) in [4.78, 5) is 10.3. The first kappa shape index (κ1) is 16.3. The molecule has 0 saturated carbocycles. The average molecular weight is 268 g/mol. The van der Waals surface area contributed by atoms with Gasteiger partial charge in [-0.1, -0.05) is 13.8 Å². The lowest BCUT2D eigenvalue weighted by molar-refractivity contribution is -0.146. The highest BCUT2D eigenvalue weighted by Gasteiger charge is 2.22. The Labute approximate surface area is 102 Å². The molecule has 0 amide bonds. The van der Waals surface area contributed by atoms with Crippen molar-refractivity contribution in [2.75, 3.05) is 19.6 Å². The molecule has 0 bridgehead atoms. The van der Waals surface area contributed by atoms with Crippen LogP contribution in [-0.4, -0.2) is 54.6 Å². The van der Waals surface area contributed by atoms with Crippen LogP contribution < -0.4 is 4.72 Å². The van der Waals surface area contributed by atoms with E-state index in [1.165, 1.54) is 4.31 Å². The standard InChI is InChI=1S/C9H20N2O5S/c1-3-5-11(6-4-2)17(15,16)10-7-8(12)9(13)14/h8,10,12H,3-7H2,1-2H3,(H,13,14)/t8-/m0/s1. The van der Waals surface area contributed by atoms with Gasteiger partial charge in [0, 0.05) is 19.6 Å². The lowest BCUT2D eigenvalue weighted by Gasteiger charge is -2.21. The molecule has 0 aliphatic heterocycles. The van der Waals surface area contributed by atoms with E-state index < -0.39 is 28.8 Å². The molecule has 0 heterocycles. The Kier molecular flexibility index (Phi) is 7.28. The summed E-state index contributed by atoms with van der Waals surface area (Å²) in [6, 6.07) is 0. The van der Waals surface area contributed by atoms with Gasteiger partial charge in [0.1, 0.15) is 0 Å². The van der Waals surface area contributed by atoms with Crippen molar-refractivity contribution in [3.05, 3.63) is 0 Å². The van der Waals surface area contributed by atoms with Crippen molar-refractivity contribution in [2.24, 2.45) is 0 Å². The molecule has 0 fully saturated rings. The van der Waals surface area contributed by atoms with Gasteiger partial charge in [-0.25, -0.2) is 4.79 Å². The first-order valence-corrected chi connectivity index (χ1v) is 6.94. The third-order valence-electron chi connectivity index (χ3n) is 2.03. The maximum Gasteiger partial charge on any atom is 0.333 e. The summed E-state index contributed by atoms with van der Waals surface area (Å²) in [5, 5.41) is 17.4. The molecule has 0 aliphatic rings. The summed E-state index contributed by atoms with van der Waals surface area (Å²) < 4.78 is 26.8. The van der Waals surface area contributed by atoms with Gasteiger partial charge >= 0.3 is 5.97 Å².